The fraction of sp³-hybridized carbons (Fsp3) is 0.364. The van der Waals surface area contributed by atoms with Gasteiger partial charge in [0.2, 0.25) is 5.91 Å². The van der Waals surface area contributed by atoms with Gasteiger partial charge in [0.05, 0.1) is 0 Å². The topological polar surface area (TPSA) is 52.7 Å². The van der Waals surface area contributed by atoms with Gasteiger partial charge in [-0.1, -0.05) is 17.7 Å². The average molecular weight is 416 g/mol. The normalized spacial score (nSPS) is 17.2. The minimum absolute atomic E-state index is 0.0337. The number of piperazine rings is 1. The number of amides is 2. The van der Waals surface area contributed by atoms with Crippen molar-refractivity contribution in [2.75, 3.05) is 31.5 Å². The molecule has 2 amide bonds. The Hall–Kier alpha value is -2.44. The quantitative estimate of drug-likeness (QED) is 0.808. The summed E-state index contributed by atoms with van der Waals surface area (Å²) in [6.07, 6.45) is 1.91. The Morgan fingerprint density at radius 1 is 1.03 bits per heavy atom. The van der Waals surface area contributed by atoms with E-state index in [2.05, 4.69) is 10.2 Å². The fourth-order valence-electron chi connectivity index (χ4n) is 3.48. The first-order chi connectivity index (χ1) is 14.0. The van der Waals surface area contributed by atoms with E-state index in [1.165, 1.54) is 6.07 Å². The summed E-state index contributed by atoms with van der Waals surface area (Å²) in [6.45, 7) is 2.90. The van der Waals surface area contributed by atoms with Crippen molar-refractivity contribution in [3.05, 3.63) is 64.4 Å². The highest BCUT2D eigenvalue weighted by Crippen LogP contribution is 2.30. The number of rotatable bonds is 5. The van der Waals surface area contributed by atoms with Crippen molar-refractivity contribution >= 4 is 29.1 Å². The van der Waals surface area contributed by atoms with E-state index in [0.29, 0.717) is 54.6 Å². The first-order valence-electron chi connectivity index (χ1n) is 9.87. The van der Waals surface area contributed by atoms with Crippen LogP contribution in [0.4, 0.5) is 10.1 Å². The van der Waals surface area contributed by atoms with Crippen molar-refractivity contribution in [2.45, 2.75) is 19.4 Å². The molecular formula is C22H23ClFN3O2. The summed E-state index contributed by atoms with van der Waals surface area (Å²) in [5, 5.41) is 3.30. The van der Waals surface area contributed by atoms with E-state index in [1.807, 2.05) is 0 Å². The van der Waals surface area contributed by atoms with Gasteiger partial charge in [-0.2, -0.15) is 0 Å². The maximum absolute atomic E-state index is 14.0. The third kappa shape index (κ3) is 4.77. The van der Waals surface area contributed by atoms with Crippen LogP contribution in [-0.4, -0.2) is 47.8 Å². The van der Waals surface area contributed by atoms with E-state index in [0.717, 1.165) is 12.8 Å². The van der Waals surface area contributed by atoms with Crippen LogP contribution in [0.1, 0.15) is 28.8 Å². The lowest BCUT2D eigenvalue weighted by molar-refractivity contribution is -0.117. The molecule has 0 spiro atoms. The van der Waals surface area contributed by atoms with Gasteiger partial charge in [0, 0.05) is 60.5 Å². The molecular weight excluding hydrogens is 393 g/mol. The van der Waals surface area contributed by atoms with Gasteiger partial charge in [0.1, 0.15) is 5.82 Å². The molecule has 0 bridgehead atoms. The van der Waals surface area contributed by atoms with Crippen LogP contribution in [0.2, 0.25) is 5.02 Å². The van der Waals surface area contributed by atoms with Crippen molar-refractivity contribution in [1.82, 2.24) is 9.80 Å². The lowest BCUT2D eigenvalue weighted by Crippen LogP contribution is -2.48. The smallest absolute Gasteiger partial charge is 0.253 e. The second kappa shape index (κ2) is 8.51. The summed E-state index contributed by atoms with van der Waals surface area (Å²) in [7, 11) is 0. The predicted octanol–water partition coefficient (Wildman–Crippen LogP) is 3.79. The predicted molar refractivity (Wildman–Crippen MR) is 110 cm³/mol. The lowest BCUT2D eigenvalue weighted by Gasteiger charge is -2.35. The van der Waals surface area contributed by atoms with Crippen molar-refractivity contribution in [3.8, 4) is 0 Å². The maximum atomic E-state index is 14.0. The standard InChI is InChI=1S/C22H23ClFN3O2/c23-19-2-1-3-20(24)18(19)14-26-10-12-27(13-11-26)22(29)16-6-8-17(9-7-16)25-21(28)15-4-5-15/h1-3,6-9,15H,4-5,10-14H2,(H,25,28). The van der Waals surface area contributed by atoms with Crippen molar-refractivity contribution in [2.24, 2.45) is 5.92 Å². The molecule has 2 aliphatic rings. The summed E-state index contributed by atoms with van der Waals surface area (Å²) < 4.78 is 14.0. The number of carbonyl (C=O) groups excluding carboxylic acids is 2. The summed E-state index contributed by atoms with van der Waals surface area (Å²) in [4.78, 5) is 28.5. The van der Waals surface area contributed by atoms with Crippen LogP contribution in [0, 0.1) is 11.7 Å². The molecule has 2 aromatic rings. The minimum Gasteiger partial charge on any atom is -0.336 e. The van der Waals surface area contributed by atoms with Gasteiger partial charge in [-0.05, 0) is 49.2 Å². The van der Waals surface area contributed by atoms with Gasteiger partial charge in [0.25, 0.3) is 5.91 Å². The van der Waals surface area contributed by atoms with Crippen LogP contribution >= 0.6 is 11.6 Å². The summed E-state index contributed by atoms with van der Waals surface area (Å²) in [5.74, 6) is -0.138. The Balaban J connectivity index is 1.31. The van der Waals surface area contributed by atoms with Crippen LogP contribution in [-0.2, 0) is 11.3 Å². The van der Waals surface area contributed by atoms with Crippen LogP contribution in [0.25, 0.3) is 0 Å². The molecule has 0 radical (unpaired) electrons. The second-order valence-corrected chi connectivity index (χ2v) is 8.02. The highest BCUT2D eigenvalue weighted by molar-refractivity contribution is 6.31. The molecule has 2 aromatic carbocycles. The first kappa shape index (κ1) is 19.9. The molecule has 7 heteroatoms. The van der Waals surface area contributed by atoms with E-state index in [4.69, 9.17) is 11.6 Å². The lowest BCUT2D eigenvalue weighted by atomic mass is 10.1. The van der Waals surface area contributed by atoms with Crippen LogP contribution < -0.4 is 5.32 Å². The van der Waals surface area contributed by atoms with Crippen LogP contribution in [0.15, 0.2) is 42.5 Å². The van der Waals surface area contributed by atoms with E-state index < -0.39 is 0 Å². The molecule has 1 aliphatic carbocycles. The zero-order chi connectivity index (χ0) is 20.4. The Kier molecular flexibility index (Phi) is 5.83. The molecule has 0 unspecified atom stereocenters. The number of anilines is 1. The molecule has 0 atom stereocenters. The molecule has 0 aromatic heterocycles. The Morgan fingerprint density at radius 2 is 1.72 bits per heavy atom. The average Bonchev–Trinajstić information content (AvgIpc) is 3.57. The Labute approximate surface area is 174 Å². The summed E-state index contributed by atoms with van der Waals surface area (Å²) in [5.41, 5.74) is 1.81. The van der Waals surface area contributed by atoms with Gasteiger partial charge in [-0.25, -0.2) is 4.39 Å². The molecule has 1 saturated carbocycles. The zero-order valence-corrected chi connectivity index (χ0v) is 16.8. The summed E-state index contributed by atoms with van der Waals surface area (Å²) >= 11 is 6.12. The van der Waals surface area contributed by atoms with Gasteiger partial charge in [-0.3, -0.25) is 14.5 Å². The van der Waals surface area contributed by atoms with Crippen molar-refractivity contribution in [3.63, 3.8) is 0 Å². The number of hydrogen-bond donors (Lipinski definition) is 1. The van der Waals surface area contributed by atoms with Gasteiger partial charge in [-0.15, -0.1) is 0 Å². The van der Waals surface area contributed by atoms with E-state index in [-0.39, 0.29) is 23.5 Å². The molecule has 29 heavy (non-hydrogen) atoms. The number of halogens is 2. The number of nitrogens with zero attached hydrogens (tertiary/aromatic N) is 2. The molecule has 1 N–H and O–H groups in total. The number of carbonyl (C=O) groups is 2. The highest BCUT2D eigenvalue weighted by atomic mass is 35.5. The molecule has 1 heterocycles. The monoisotopic (exact) mass is 415 g/mol. The van der Waals surface area contributed by atoms with E-state index in [1.54, 1.807) is 41.3 Å². The Bertz CT molecular complexity index is 887. The molecule has 1 saturated heterocycles. The van der Waals surface area contributed by atoms with Crippen molar-refractivity contribution < 1.29 is 14.0 Å². The Morgan fingerprint density at radius 3 is 2.34 bits per heavy atom. The van der Waals surface area contributed by atoms with Gasteiger partial charge in [0.15, 0.2) is 0 Å². The number of hydrogen-bond acceptors (Lipinski definition) is 3. The molecule has 152 valence electrons. The molecule has 1 aliphatic heterocycles. The zero-order valence-electron chi connectivity index (χ0n) is 16.0. The fourth-order valence-corrected chi connectivity index (χ4v) is 3.71. The third-order valence-corrected chi connectivity index (χ3v) is 5.80. The molecule has 5 nitrogen and oxygen atoms in total. The van der Waals surface area contributed by atoms with E-state index in [9.17, 15) is 14.0 Å². The second-order valence-electron chi connectivity index (χ2n) is 7.61. The van der Waals surface area contributed by atoms with Crippen LogP contribution in [0.3, 0.4) is 0 Å². The van der Waals surface area contributed by atoms with E-state index >= 15 is 0 Å². The maximum Gasteiger partial charge on any atom is 0.253 e. The summed E-state index contributed by atoms with van der Waals surface area (Å²) in [6, 6.07) is 11.7. The van der Waals surface area contributed by atoms with Crippen molar-refractivity contribution in [1.29, 1.82) is 0 Å². The highest BCUT2D eigenvalue weighted by Gasteiger charge is 2.29. The minimum atomic E-state index is -0.301. The largest absolute Gasteiger partial charge is 0.336 e. The third-order valence-electron chi connectivity index (χ3n) is 5.45. The van der Waals surface area contributed by atoms with Gasteiger partial charge >= 0.3 is 0 Å². The van der Waals surface area contributed by atoms with Gasteiger partial charge < -0.3 is 10.2 Å². The number of benzene rings is 2. The number of nitrogens with one attached hydrogen (secondary N) is 1. The SMILES string of the molecule is O=C(Nc1ccc(C(=O)N2CCN(Cc3c(F)cccc3Cl)CC2)cc1)C1CC1. The molecule has 2 fully saturated rings. The molecule has 4 rings (SSSR count). The van der Waals surface area contributed by atoms with Crippen LogP contribution in [0.5, 0.6) is 0 Å². The first-order valence-corrected chi connectivity index (χ1v) is 10.2.